The van der Waals surface area contributed by atoms with Gasteiger partial charge in [-0.25, -0.2) is 4.39 Å². The van der Waals surface area contributed by atoms with E-state index in [4.69, 9.17) is 0 Å². The molecule has 0 aromatic heterocycles. The largest absolute Gasteiger partial charge is 0.416 e. The predicted molar refractivity (Wildman–Crippen MR) is 130 cm³/mol. The molecule has 214 valence electrons. The van der Waals surface area contributed by atoms with Crippen molar-refractivity contribution in [1.82, 2.24) is 14.7 Å². The summed E-state index contributed by atoms with van der Waals surface area (Å²) < 4.78 is 93.6. The number of nitrogens with zero attached hydrogens (tertiary/aromatic N) is 3. The molecule has 0 saturated carbocycles. The van der Waals surface area contributed by atoms with Crippen molar-refractivity contribution >= 4 is 11.8 Å². The monoisotopic (exact) mass is 561 g/mol. The van der Waals surface area contributed by atoms with E-state index in [1.165, 1.54) is 25.2 Å². The minimum absolute atomic E-state index is 0.0408. The Morgan fingerprint density at radius 1 is 0.949 bits per heavy atom. The molecule has 1 fully saturated rings. The molecule has 1 aliphatic heterocycles. The highest BCUT2D eigenvalue weighted by Crippen LogP contribution is 2.38. The fraction of sp³-hybridized carbons (Fsp3) is 0.481. The van der Waals surface area contributed by atoms with E-state index >= 15 is 0 Å². The second-order valence-electron chi connectivity index (χ2n) is 10.2. The van der Waals surface area contributed by atoms with Gasteiger partial charge in [0.1, 0.15) is 5.82 Å². The first kappa shape index (κ1) is 30.4. The normalized spacial score (nSPS) is 18.4. The van der Waals surface area contributed by atoms with Crippen LogP contribution in [-0.4, -0.2) is 67.3 Å². The van der Waals surface area contributed by atoms with Gasteiger partial charge in [0.25, 0.3) is 0 Å². The highest BCUT2D eigenvalue weighted by molar-refractivity contribution is 5.82. The van der Waals surface area contributed by atoms with E-state index in [9.17, 15) is 40.3 Å². The first-order valence-electron chi connectivity index (χ1n) is 12.2. The summed E-state index contributed by atoms with van der Waals surface area (Å²) in [6, 6.07) is 5.33. The second-order valence-corrected chi connectivity index (χ2v) is 10.2. The molecule has 0 radical (unpaired) electrons. The molecule has 2 amide bonds. The summed E-state index contributed by atoms with van der Waals surface area (Å²) in [7, 11) is 4.79. The Hall–Kier alpha value is -3.15. The Bertz CT molecular complexity index is 1180. The van der Waals surface area contributed by atoms with Crippen molar-refractivity contribution in [2.45, 2.75) is 38.2 Å². The van der Waals surface area contributed by atoms with Crippen molar-refractivity contribution in [2.24, 2.45) is 5.92 Å². The number of rotatable bonds is 6. The van der Waals surface area contributed by atoms with Gasteiger partial charge < -0.3 is 14.7 Å². The minimum Gasteiger partial charge on any atom is -0.341 e. The minimum atomic E-state index is -5.00. The van der Waals surface area contributed by atoms with E-state index in [1.54, 1.807) is 30.8 Å². The lowest BCUT2D eigenvalue weighted by Crippen LogP contribution is -2.49. The number of benzene rings is 2. The zero-order chi connectivity index (χ0) is 29.3. The van der Waals surface area contributed by atoms with Gasteiger partial charge in [-0.05, 0) is 74.5 Å². The van der Waals surface area contributed by atoms with E-state index in [0.717, 1.165) is 4.90 Å². The van der Waals surface area contributed by atoms with Crippen LogP contribution in [0, 0.1) is 18.7 Å². The molecule has 2 aromatic rings. The van der Waals surface area contributed by atoms with Crippen LogP contribution in [0.4, 0.5) is 30.7 Å². The van der Waals surface area contributed by atoms with Crippen LogP contribution in [-0.2, 0) is 28.5 Å². The molecular weight excluding hydrogens is 531 g/mol. The molecule has 0 N–H and O–H groups in total. The third-order valence-corrected chi connectivity index (χ3v) is 6.81. The standard InChI is InChI=1S/C27H30F7N3O2/c1-16-9-20(28)5-6-21(16)23-14-37(24(38)15-35(2)3)8-7-22(23)25(39)36(4)13-17-10-18(26(29,30)31)12-19(11-17)27(32,33)34/h5-6,9-12,22-23H,7-8,13-15H2,1-4H3. The van der Waals surface area contributed by atoms with Gasteiger partial charge in [-0.3, -0.25) is 9.59 Å². The van der Waals surface area contributed by atoms with Crippen LogP contribution in [0.25, 0.3) is 0 Å². The van der Waals surface area contributed by atoms with Gasteiger partial charge in [-0.15, -0.1) is 0 Å². The molecule has 5 nitrogen and oxygen atoms in total. The topological polar surface area (TPSA) is 43.9 Å². The molecule has 2 atom stereocenters. The van der Waals surface area contributed by atoms with Crippen molar-refractivity contribution < 1.29 is 40.3 Å². The molecule has 0 spiro atoms. The third-order valence-electron chi connectivity index (χ3n) is 6.81. The molecule has 1 heterocycles. The predicted octanol–water partition coefficient (Wildman–Crippen LogP) is 5.32. The number of hydrogen-bond donors (Lipinski definition) is 0. The van der Waals surface area contributed by atoms with Crippen LogP contribution >= 0.6 is 0 Å². The smallest absolute Gasteiger partial charge is 0.341 e. The van der Waals surface area contributed by atoms with E-state index in [-0.39, 0.29) is 43.6 Å². The van der Waals surface area contributed by atoms with Crippen molar-refractivity contribution in [3.8, 4) is 0 Å². The van der Waals surface area contributed by atoms with Gasteiger partial charge >= 0.3 is 12.4 Å². The number of carbonyl (C=O) groups excluding carboxylic acids is 2. The number of carbonyl (C=O) groups is 2. The zero-order valence-electron chi connectivity index (χ0n) is 22.0. The van der Waals surface area contributed by atoms with Crippen molar-refractivity contribution in [2.75, 3.05) is 40.8 Å². The number of aryl methyl sites for hydroxylation is 1. The SMILES string of the molecule is Cc1cc(F)ccc1C1CN(C(=O)CN(C)C)CCC1C(=O)N(C)Cc1cc(C(F)(F)F)cc(C(F)(F)F)c1. The average Bonchev–Trinajstić information content (AvgIpc) is 2.81. The number of hydrogen-bond acceptors (Lipinski definition) is 3. The third kappa shape index (κ3) is 7.49. The van der Waals surface area contributed by atoms with Gasteiger partial charge in [0.05, 0.1) is 17.7 Å². The first-order valence-corrected chi connectivity index (χ1v) is 12.2. The Kier molecular flexibility index (Phi) is 8.99. The van der Waals surface area contributed by atoms with Crippen LogP contribution in [0.5, 0.6) is 0 Å². The van der Waals surface area contributed by atoms with Crippen LogP contribution < -0.4 is 0 Å². The first-order chi connectivity index (χ1) is 18.0. The Labute approximate surface area is 222 Å². The Morgan fingerprint density at radius 3 is 2.05 bits per heavy atom. The summed E-state index contributed by atoms with van der Waals surface area (Å²) in [6.45, 7) is 1.73. The van der Waals surface area contributed by atoms with E-state index < -0.39 is 53.6 Å². The van der Waals surface area contributed by atoms with E-state index in [1.807, 2.05) is 0 Å². The maximum atomic E-state index is 13.8. The molecule has 1 aliphatic rings. The van der Waals surface area contributed by atoms with Crippen molar-refractivity contribution in [1.29, 1.82) is 0 Å². The number of likely N-dealkylation sites (tertiary alicyclic amines) is 1. The number of alkyl halides is 6. The van der Waals surface area contributed by atoms with Gasteiger partial charge in [0, 0.05) is 38.5 Å². The average molecular weight is 562 g/mol. The molecule has 3 rings (SSSR count). The van der Waals surface area contributed by atoms with Crippen LogP contribution in [0.1, 0.15) is 40.2 Å². The molecule has 2 unspecified atom stereocenters. The lowest BCUT2D eigenvalue weighted by atomic mass is 9.78. The van der Waals surface area contributed by atoms with Crippen LogP contribution in [0.3, 0.4) is 0 Å². The van der Waals surface area contributed by atoms with Crippen molar-refractivity contribution in [3.63, 3.8) is 0 Å². The molecule has 0 aliphatic carbocycles. The molecular formula is C27H30F7N3O2. The Balaban J connectivity index is 1.92. The van der Waals surface area contributed by atoms with Gasteiger partial charge in [0.2, 0.25) is 11.8 Å². The summed E-state index contributed by atoms with van der Waals surface area (Å²) in [5, 5.41) is 0. The number of likely N-dealkylation sites (N-methyl/N-ethyl adjacent to an activating group) is 1. The summed E-state index contributed by atoms with van der Waals surface area (Å²) in [4.78, 5) is 30.7. The van der Waals surface area contributed by atoms with Gasteiger partial charge in [-0.2, -0.15) is 26.3 Å². The van der Waals surface area contributed by atoms with Crippen LogP contribution in [0.15, 0.2) is 36.4 Å². The summed E-state index contributed by atoms with van der Waals surface area (Å²) in [5.41, 5.74) is -2.03. The van der Waals surface area contributed by atoms with E-state index in [2.05, 4.69) is 0 Å². The molecule has 1 saturated heterocycles. The highest BCUT2D eigenvalue weighted by atomic mass is 19.4. The fourth-order valence-corrected chi connectivity index (χ4v) is 4.96. The highest BCUT2D eigenvalue weighted by Gasteiger charge is 2.40. The summed E-state index contributed by atoms with van der Waals surface area (Å²) >= 11 is 0. The summed E-state index contributed by atoms with van der Waals surface area (Å²) in [5.74, 6) is -2.40. The maximum Gasteiger partial charge on any atom is 0.416 e. The van der Waals surface area contributed by atoms with E-state index in [0.29, 0.717) is 23.3 Å². The molecule has 39 heavy (non-hydrogen) atoms. The number of piperidine rings is 1. The second kappa shape index (κ2) is 11.5. The lowest BCUT2D eigenvalue weighted by Gasteiger charge is -2.40. The molecule has 2 aromatic carbocycles. The van der Waals surface area contributed by atoms with Crippen LogP contribution in [0.2, 0.25) is 0 Å². The number of halogens is 7. The zero-order valence-corrected chi connectivity index (χ0v) is 22.0. The van der Waals surface area contributed by atoms with Gasteiger partial charge in [-0.1, -0.05) is 6.07 Å². The molecule has 12 heteroatoms. The van der Waals surface area contributed by atoms with Crippen molar-refractivity contribution in [3.05, 3.63) is 70.0 Å². The maximum absolute atomic E-state index is 13.8. The van der Waals surface area contributed by atoms with Gasteiger partial charge in [0.15, 0.2) is 0 Å². The Morgan fingerprint density at radius 2 is 1.54 bits per heavy atom. The lowest BCUT2D eigenvalue weighted by molar-refractivity contribution is -0.143. The molecule has 0 bridgehead atoms. The fourth-order valence-electron chi connectivity index (χ4n) is 4.96. The summed E-state index contributed by atoms with van der Waals surface area (Å²) in [6.07, 6.45) is -9.79. The quantitative estimate of drug-likeness (QED) is 0.449. The number of amides is 2.